The summed E-state index contributed by atoms with van der Waals surface area (Å²) in [5.74, 6) is 1.04. The number of phenolic OH excluding ortho intramolecular Hbond substituents is 4. The monoisotopic (exact) mass is 442 g/mol. The summed E-state index contributed by atoms with van der Waals surface area (Å²) in [6, 6.07) is 24.6. The summed E-state index contributed by atoms with van der Waals surface area (Å²) in [6.45, 7) is 0. The Balaban J connectivity index is 1.44. The van der Waals surface area contributed by atoms with Gasteiger partial charge in [-0.25, -0.2) is 0 Å². The number of aryl methyl sites for hydroxylation is 4. The zero-order chi connectivity index (χ0) is 23.2. The van der Waals surface area contributed by atoms with Gasteiger partial charge in [-0.1, -0.05) is 36.4 Å². The molecule has 0 bridgehead atoms. The third kappa shape index (κ3) is 5.98. The van der Waals surface area contributed by atoms with E-state index in [0.717, 1.165) is 47.9 Å². The van der Waals surface area contributed by atoms with E-state index in [1.165, 1.54) is 0 Å². The highest BCUT2D eigenvalue weighted by atomic mass is 16.5. The average Bonchev–Trinajstić information content (AvgIpc) is 2.82. The molecule has 0 aliphatic rings. The number of hydrogen-bond acceptors (Lipinski definition) is 5. The van der Waals surface area contributed by atoms with E-state index in [1.807, 2.05) is 36.4 Å². The van der Waals surface area contributed by atoms with E-state index in [-0.39, 0.29) is 34.5 Å². The zero-order valence-corrected chi connectivity index (χ0v) is 18.1. The molecule has 0 aromatic heterocycles. The molecule has 0 saturated heterocycles. The largest absolute Gasteiger partial charge is 0.508 e. The van der Waals surface area contributed by atoms with Gasteiger partial charge in [0.1, 0.15) is 11.5 Å². The minimum atomic E-state index is -0.00252. The summed E-state index contributed by atoms with van der Waals surface area (Å²) in [5.41, 5.74) is 4.17. The van der Waals surface area contributed by atoms with Crippen molar-refractivity contribution in [3.63, 3.8) is 0 Å². The van der Waals surface area contributed by atoms with Crippen molar-refractivity contribution in [2.24, 2.45) is 0 Å². The van der Waals surface area contributed by atoms with E-state index >= 15 is 0 Å². The first-order chi connectivity index (χ1) is 16.0. The Labute approximate surface area is 192 Å². The lowest BCUT2D eigenvalue weighted by atomic mass is 10.0. The van der Waals surface area contributed by atoms with Gasteiger partial charge in [0, 0.05) is 0 Å². The molecule has 0 unspecified atom stereocenters. The van der Waals surface area contributed by atoms with Crippen LogP contribution in [0.3, 0.4) is 0 Å². The standard InChI is InChI=1S/C28H26O5/c29-23-11-5-19(6-12-23)1-3-21-9-15-25(31)27(17-21)33-28-18-22(10-16-26(28)32)4-2-20-7-13-24(30)14-8-20/h5-18,29-32H,1-4H2. The molecule has 168 valence electrons. The predicted molar refractivity (Wildman–Crippen MR) is 127 cm³/mol. The van der Waals surface area contributed by atoms with Crippen molar-refractivity contribution in [3.05, 3.63) is 107 Å². The lowest BCUT2D eigenvalue weighted by Crippen LogP contribution is -1.95. The Kier molecular flexibility index (Phi) is 6.69. The number of aromatic hydroxyl groups is 4. The van der Waals surface area contributed by atoms with Crippen molar-refractivity contribution in [2.45, 2.75) is 25.7 Å². The maximum Gasteiger partial charge on any atom is 0.169 e. The summed E-state index contributed by atoms with van der Waals surface area (Å²) in [6.07, 6.45) is 3.03. The topological polar surface area (TPSA) is 90.2 Å². The number of ether oxygens (including phenoxy) is 1. The summed E-state index contributed by atoms with van der Waals surface area (Å²) in [5, 5.41) is 39.4. The fourth-order valence-corrected chi connectivity index (χ4v) is 3.61. The SMILES string of the molecule is Oc1ccc(CCc2ccc(O)c(Oc3cc(CCc4ccc(O)cc4)ccc3O)c2)cc1. The highest BCUT2D eigenvalue weighted by Crippen LogP contribution is 2.37. The summed E-state index contributed by atoms with van der Waals surface area (Å²) >= 11 is 0. The van der Waals surface area contributed by atoms with Crippen molar-refractivity contribution in [1.82, 2.24) is 0 Å². The lowest BCUT2D eigenvalue weighted by Gasteiger charge is -2.12. The van der Waals surface area contributed by atoms with E-state index < -0.39 is 0 Å². The molecule has 0 atom stereocenters. The van der Waals surface area contributed by atoms with E-state index in [0.29, 0.717) is 0 Å². The smallest absolute Gasteiger partial charge is 0.169 e. The van der Waals surface area contributed by atoms with Crippen LogP contribution < -0.4 is 4.74 Å². The summed E-state index contributed by atoms with van der Waals surface area (Å²) in [7, 11) is 0. The predicted octanol–water partition coefficient (Wildman–Crippen LogP) is 5.87. The van der Waals surface area contributed by atoms with Crippen LogP contribution in [-0.4, -0.2) is 20.4 Å². The Morgan fingerprint density at radius 2 is 0.758 bits per heavy atom. The third-order valence-corrected chi connectivity index (χ3v) is 5.55. The molecular weight excluding hydrogens is 416 g/mol. The van der Waals surface area contributed by atoms with Crippen LogP contribution in [-0.2, 0) is 25.7 Å². The highest BCUT2D eigenvalue weighted by Gasteiger charge is 2.11. The first-order valence-electron chi connectivity index (χ1n) is 10.8. The minimum absolute atomic E-state index is 0.00252. The molecule has 0 saturated carbocycles. The zero-order valence-electron chi connectivity index (χ0n) is 18.1. The molecule has 0 fully saturated rings. The number of rotatable bonds is 8. The van der Waals surface area contributed by atoms with Crippen LogP contribution in [0.4, 0.5) is 0 Å². The molecule has 0 aliphatic carbocycles. The third-order valence-electron chi connectivity index (χ3n) is 5.55. The lowest BCUT2D eigenvalue weighted by molar-refractivity contribution is 0.384. The molecular formula is C28H26O5. The van der Waals surface area contributed by atoms with E-state index in [4.69, 9.17) is 4.74 Å². The van der Waals surface area contributed by atoms with Crippen molar-refractivity contribution in [1.29, 1.82) is 0 Å². The molecule has 4 N–H and O–H groups in total. The van der Waals surface area contributed by atoms with Gasteiger partial charge in [0.25, 0.3) is 0 Å². The minimum Gasteiger partial charge on any atom is -0.508 e. The molecule has 4 aromatic carbocycles. The molecule has 5 heteroatoms. The van der Waals surface area contributed by atoms with Gasteiger partial charge >= 0.3 is 0 Å². The van der Waals surface area contributed by atoms with Gasteiger partial charge in [-0.3, -0.25) is 0 Å². The van der Waals surface area contributed by atoms with Gasteiger partial charge in [-0.05, 0) is 96.5 Å². The number of benzene rings is 4. The van der Waals surface area contributed by atoms with Gasteiger partial charge in [-0.15, -0.1) is 0 Å². The van der Waals surface area contributed by atoms with Gasteiger partial charge in [0.05, 0.1) is 0 Å². The van der Waals surface area contributed by atoms with E-state index in [9.17, 15) is 20.4 Å². The maximum absolute atomic E-state index is 10.3. The van der Waals surface area contributed by atoms with Gasteiger partial charge in [0.2, 0.25) is 0 Å². The average molecular weight is 443 g/mol. The van der Waals surface area contributed by atoms with Crippen LogP contribution in [0.25, 0.3) is 0 Å². The number of phenols is 4. The number of hydrogen-bond donors (Lipinski definition) is 4. The Hall–Kier alpha value is -4.12. The van der Waals surface area contributed by atoms with Crippen molar-refractivity contribution in [3.8, 4) is 34.5 Å². The van der Waals surface area contributed by atoms with Crippen molar-refractivity contribution < 1.29 is 25.2 Å². The van der Waals surface area contributed by atoms with Gasteiger partial charge in [0.15, 0.2) is 23.0 Å². The van der Waals surface area contributed by atoms with Crippen LogP contribution in [0.5, 0.6) is 34.5 Å². The van der Waals surface area contributed by atoms with Crippen molar-refractivity contribution >= 4 is 0 Å². The van der Waals surface area contributed by atoms with Gasteiger partial charge in [-0.2, -0.15) is 0 Å². The van der Waals surface area contributed by atoms with Crippen molar-refractivity contribution in [2.75, 3.05) is 0 Å². The molecule has 0 heterocycles. The van der Waals surface area contributed by atoms with E-state index in [1.54, 1.807) is 48.5 Å². The molecule has 4 rings (SSSR count). The fourth-order valence-electron chi connectivity index (χ4n) is 3.61. The van der Waals surface area contributed by atoms with Crippen LogP contribution in [0.15, 0.2) is 84.9 Å². The fraction of sp³-hybridized carbons (Fsp3) is 0.143. The molecule has 0 radical (unpaired) electrons. The molecule has 5 nitrogen and oxygen atoms in total. The molecule has 0 spiro atoms. The summed E-state index contributed by atoms with van der Waals surface area (Å²) in [4.78, 5) is 0. The Bertz CT molecular complexity index is 1120. The Morgan fingerprint density at radius 3 is 1.15 bits per heavy atom. The molecule has 0 amide bonds. The maximum atomic E-state index is 10.3. The first kappa shape index (κ1) is 22.1. The molecule has 33 heavy (non-hydrogen) atoms. The second kappa shape index (κ2) is 10.0. The van der Waals surface area contributed by atoms with Gasteiger partial charge < -0.3 is 25.2 Å². The molecule has 0 aliphatic heterocycles. The van der Waals surface area contributed by atoms with Crippen LogP contribution in [0, 0.1) is 0 Å². The quantitative estimate of drug-likeness (QED) is 0.274. The normalized spacial score (nSPS) is 10.8. The van der Waals surface area contributed by atoms with Crippen LogP contribution in [0.2, 0.25) is 0 Å². The first-order valence-corrected chi connectivity index (χ1v) is 10.8. The molecule has 4 aromatic rings. The Morgan fingerprint density at radius 1 is 0.424 bits per heavy atom. The highest BCUT2D eigenvalue weighted by molar-refractivity contribution is 5.49. The van der Waals surface area contributed by atoms with Crippen LogP contribution in [0.1, 0.15) is 22.3 Å². The van der Waals surface area contributed by atoms with E-state index in [2.05, 4.69) is 0 Å². The second-order valence-corrected chi connectivity index (χ2v) is 8.04. The summed E-state index contributed by atoms with van der Waals surface area (Å²) < 4.78 is 5.89. The van der Waals surface area contributed by atoms with Crippen LogP contribution >= 0.6 is 0 Å². The second-order valence-electron chi connectivity index (χ2n) is 8.04.